The van der Waals surface area contributed by atoms with E-state index >= 15 is 0 Å². The van der Waals surface area contributed by atoms with Crippen LogP contribution in [0.15, 0.2) is 18.2 Å². The number of amides is 2. The van der Waals surface area contributed by atoms with E-state index in [0.717, 1.165) is 0 Å². The van der Waals surface area contributed by atoms with Crippen LogP contribution in [-0.2, 0) is 4.79 Å². The lowest BCUT2D eigenvalue weighted by Gasteiger charge is -2.27. The molecule has 0 fully saturated rings. The molecule has 104 valence electrons. The second kappa shape index (κ2) is 5.67. The van der Waals surface area contributed by atoms with Gasteiger partial charge in [0.15, 0.2) is 6.10 Å². The molecule has 0 radical (unpaired) electrons. The first-order chi connectivity index (χ1) is 9.49. The summed E-state index contributed by atoms with van der Waals surface area (Å²) in [4.78, 5) is 22.3. The Morgan fingerprint density at radius 3 is 3.05 bits per heavy atom. The van der Waals surface area contributed by atoms with Crippen molar-refractivity contribution < 1.29 is 19.4 Å². The lowest BCUT2D eigenvalue weighted by atomic mass is 10.1. The average molecular weight is 296 g/mol. The number of carboxylic acid groups (broad SMARTS) is 1. The smallest absolute Gasteiger partial charge is 0.405 e. The maximum absolute atomic E-state index is 11.8. The third-order valence-corrected chi connectivity index (χ3v) is 2.90. The molecule has 7 nitrogen and oxygen atoms in total. The van der Waals surface area contributed by atoms with E-state index in [1.807, 2.05) is 5.32 Å². The van der Waals surface area contributed by atoms with E-state index < -0.39 is 24.1 Å². The van der Waals surface area contributed by atoms with Crippen LogP contribution in [0.5, 0.6) is 5.75 Å². The zero-order valence-electron chi connectivity index (χ0n) is 10.1. The first kappa shape index (κ1) is 14.0. The van der Waals surface area contributed by atoms with Gasteiger partial charge in [-0.25, -0.2) is 4.79 Å². The highest BCUT2D eigenvalue weighted by Gasteiger charge is 2.30. The van der Waals surface area contributed by atoms with E-state index in [1.54, 1.807) is 18.2 Å². The summed E-state index contributed by atoms with van der Waals surface area (Å²) in [6.07, 6.45) is -2.39. The van der Waals surface area contributed by atoms with Gasteiger partial charge in [-0.05, 0) is 12.1 Å². The van der Waals surface area contributed by atoms with Crippen molar-refractivity contribution >= 4 is 29.3 Å². The largest absolute Gasteiger partial charge is 0.478 e. The number of rotatable bonds is 3. The van der Waals surface area contributed by atoms with Gasteiger partial charge in [-0.3, -0.25) is 4.79 Å². The van der Waals surface area contributed by atoms with E-state index in [0.29, 0.717) is 16.5 Å². The van der Waals surface area contributed by atoms with Crippen molar-refractivity contribution in [2.24, 2.45) is 0 Å². The number of nitrogens with zero attached hydrogens (tertiary/aromatic N) is 1. The first-order valence-corrected chi connectivity index (χ1v) is 6.03. The van der Waals surface area contributed by atoms with Crippen LogP contribution in [0.2, 0.25) is 5.02 Å². The van der Waals surface area contributed by atoms with E-state index in [9.17, 15) is 9.59 Å². The summed E-state index contributed by atoms with van der Waals surface area (Å²) < 4.78 is 5.46. The van der Waals surface area contributed by atoms with Gasteiger partial charge in [-0.1, -0.05) is 11.6 Å². The van der Waals surface area contributed by atoms with Crippen molar-refractivity contribution in [2.45, 2.75) is 18.6 Å². The molecule has 1 aromatic carbocycles. The van der Waals surface area contributed by atoms with Gasteiger partial charge in [0.25, 0.3) is 5.91 Å². The van der Waals surface area contributed by atoms with Gasteiger partial charge < -0.3 is 20.5 Å². The number of hydrogen-bond acceptors (Lipinski definition) is 4. The van der Waals surface area contributed by atoms with E-state index in [1.165, 1.54) is 6.07 Å². The number of anilines is 1. The normalized spacial score (nSPS) is 18.0. The van der Waals surface area contributed by atoms with E-state index in [4.69, 9.17) is 26.7 Å². The van der Waals surface area contributed by atoms with Gasteiger partial charge in [-0.15, -0.1) is 0 Å². The van der Waals surface area contributed by atoms with Gasteiger partial charge in [0, 0.05) is 17.5 Å². The Bertz CT molecular complexity index is 599. The molecule has 0 bridgehead atoms. The van der Waals surface area contributed by atoms with E-state index in [2.05, 4.69) is 5.32 Å². The number of nitriles is 1. The number of carbonyl (C=O) groups excluding carboxylic acids is 1. The Kier molecular flexibility index (Phi) is 3.96. The Labute approximate surface area is 119 Å². The SMILES string of the molecule is N#C[C@H](CC1Oc2cc(Cl)ccc2NC1=O)NC(=O)O. The molecule has 20 heavy (non-hydrogen) atoms. The lowest BCUT2D eigenvalue weighted by Crippen LogP contribution is -2.43. The second-order valence-electron chi connectivity index (χ2n) is 4.10. The predicted molar refractivity (Wildman–Crippen MR) is 69.7 cm³/mol. The van der Waals surface area contributed by atoms with Crippen LogP contribution in [0, 0.1) is 11.3 Å². The minimum absolute atomic E-state index is 0.0966. The highest BCUT2D eigenvalue weighted by molar-refractivity contribution is 6.30. The molecule has 1 unspecified atom stereocenters. The van der Waals surface area contributed by atoms with Crippen LogP contribution in [-0.4, -0.2) is 29.3 Å². The van der Waals surface area contributed by atoms with Crippen LogP contribution < -0.4 is 15.4 Å². The number of fused-ring (bicyclic) bond motifs is 1. The van der Waals surface area contributed by atoms with E-state index in [-0.39, 0.29) is 6.42 Å². The van der Waals surface area contributed by atoms with Gasteiger partial charge in [0.2, 0.25) is 0 Å². The Balaban J connectivity index is 2.12. The van der Waals surface area contributed by atoms with Crippen LogP contribution in [0.4, 0.5) is 10.5 Å². The van der Waals surface area contributed by atoms with Crippen molar-refractivity contribution in [1.82, 2.24) is 5.32 Å². The zero-order chi connectivity index (χ0) is 14.7. The third kappa shape index (κ3) is 3.10. The molecular formula is C12H10ClN3O4. The molecule has 0 saturated heterocycles. The summed E-state index contributed by atoms with van der Waals surface area (Å²) in [6.45, 7) is 0. The number of nitrogens with one attached hydrogen (secondary N) is 2. The summed E-state index contributed by atoms with van der Waals surface area (Å²) in [5.41, 5.74) is 0.482. The summed E-state index contributed by atoms with van der Waals surface area (Å²) in [6, 6.07) is 5.46. The summed E-state index contributed by atoms with van der Waals surface area (Å²) in [7, 11) is 0. The van der Waals surface area contributed by atoms with Crippen molar-refractivity contribution in [3.05, 3.63) is 23.2 Å². The molecule has 2 atom stereocenters. The van der Waals surface area contributed by atoms with Crippen molar-refractivity contribution in [1.29, 1.82) is 5.26 Å². The Morgan fingerprint density at radius 1 is 1.65 bits per heavy atom. The molecule has 3 N–H and O–H groups in total. The minimum atomic E-state index is -1.34. The summed E-state index contributed by atoms with van der Waals surface area (Å²) in [5.74, 6) is -0.0543. The standard InChI is InChI=1S/C12H10ClN3O4/c13-6-1-2-8-9(3-6)20-10(11(17)16-8)4-7(5-14)15-12(18)19/h1-3,7,10,15H,4H2,(H,16,17)(H,18,19)/t7-,10?/m0/s1. The first-order valence-electron chi connectivity index (χ1n) is 5.65. The number of halogens is 1. The molecule has 8 heteroatoms. The molecule has 1 aromatic rings. The Hall–Kier alpha value is -2.46. The molecular weight excluding hydrogens is 286 g/mol. The fraction of sp³-hybridized carbons (Fsp3) is 0.250. The van der Waals surface area contributed by atoms with Crippen molar-refractivity contribution in [2.75, 3.05) is 5.32 Å². The number of hydrogen-bond donors (Lipinski definition) is 3. The van der Waals surface area contributed by atoms with Crippen LogP contribution >= 0.6 is 11.6 Å². The van der Waals surface area contributed by atoms with Gasteiger partial charge in [-0.2, -0.15) is 5.26 Å². The molecule has 2 amide bonds. The summed E-state index contributed by atoms with van der Waals surface area (Å²) in [5, 5.41) is 22.5. The highest BCUT2D eigenvalue weighted by Crippen LogP contribution is 2.32. The third-order valence-electron chi connectivity index (χ3n) is 2.67. The highest BCUT2D eigenvalue weighted by atomic mass is 35.5. The molecule has 1 heterocycles. The maximum atomic E-state index is 11.8. The maximum Gasteiger partial charge on any atom is 0.405 e. The molecule has 1 aliphatic rings. The molecule has 2 rings (SSSR count). The van der Waals surface area contributed by atoms with Crippen LogP contribution in [0.3, 0.4) is 0 Å². The predicted octanol–water partition coefficient (Wildman–Crippen LogP) is 1.59. The molecule has 0 aliphatic carbocycles. The average Bonchev–Trinajstić information content (AvgIpc) is 2.38. The molecule has 0 spiro atoms. The van der Waals surface area contributed by atoms with Crippen molar-refractivity contribution in [3.63, 3.8) is 0 Å². The Morgan fingerprint density at radius 2 is 2.40 bits per heavy atom. The van der Waals surface area contributed by atoms with Crippen LogP contribution in [0.25, 0.3) is 0 Å². The fourth-order valence-corrected chi connectivity index (χ4v) is 1.94. The fourth-order valence-electron chi connectivity index (χ4n) is 1.78. The number of ether oxygens (including phenoxy) is 1. The lowest BCUT2D eigenvalue weighted by molar-refractivity contribution is -0.123. The van der Waals surface area contributed by atoms with Gasteiger partial charge >= 0.3 is 6.09 Å². The monoisotopic (exact) mass is 295 g/mol. The minimum Gasteiger partial charge on any atom is -0.478 e. The summed E-state index contributed by atoms with van der Waals surface area (Å²) >= 11 is 5.83. The van der Waals surface area contributed by atoms with Crippen molar-refractivity contribution in [3.8, 4) is 11.8 Å². The van der Waals surface area contributed by atoms with Crippen LogP contribution in [0.1, 0.15) is 6.42 Å². The second-order valence-corrected chi connectivity index (χ2v) is 4.54. The zero-order valence-corrected chi connectivity index (χ0v) is 10.8. The quantitative estimate of drug-likeness (QED) is 0.784. The number of benzene rings is 1. The molecule has 0 aromatic heterocycles. The van der Waals surface area contributed by atoms with Gasteiger partial charge in [0.05, 0.1) is 11.8 Å². The number of carbonyl (C=O) groups is 2. The topological polar surface area (TPSA) is 111 Å². The molecule has 1 aliphatic heterocycles. The van der Waals surface area contributed by atoms with Gasteiger partial charge in [0.1, 0.15) is 11.8 Å². The molecule has 0 saturated carbocycles.